The van der Waals surface area contributed by atoms with E-state index < -0.39 is 5.97 Å². The summed E-state index contributed by atoms with van der Waals surface area (Å²) in [5, 5.41) is 8.65. The lowest BCUT2D eigenvalue weighted by molar-refractivity contribution is -0.131. The number of benzene rings is 1. The lowest BCUT2D eigenvalue weighted by Gasteiger charge is -2.28. The van der Waals surface area contributed by atoms with Crippen LogP contribution in [0.3, 0.4) is 0 Å². The van der Waals surface area contributed by atoms with E-state index in [0.29, 0.717) is 5.92 Å². The van der Waals surface area contributed by atoms with Crippen molar-refractivity contribution < 1.29 is 14.6 Å². The van der Waals surface area contributed by atoms with E-state index in [1.807, 2.05) is 24.3 Å². The molecular weight excluding hydrogens is 324 g/mol. The van der Waals surface area contributed by atoms with E-state index in [2.05, 4.69) is 6.92 Å². The molecule has 0 saturated heterocycles. The molecular formula is C23H34O3. The van der Waals surface area contributed by atoms with E-state index in [0.717, 1.165) is 29.9 Å². The Morgan fingerprint density at radius 2 is 1.69 bits per heavy atom. The van der Waals surface area contributed by atoms with Crippen LogP contribution in [0.25, 0.3) is 6.08 Å². The van der Waals surface area contributed by atoms with E-state index in [1.165, 1.54) is 64.2 Å². The number of hydrogen-bond donors (Lipinski definition) is 1. The fourth-order valence-electron chi connectivity index (χ4n) is 3.78. The van der Waals surface area contributed by atoms with Gasteiger partial charge in [0.25, 0.3) is 0 Å². The summed E-state index contributed by atoms with van der Waals surface area (Å²) in [6.45, 7) is 3.07. The molecule has 0 aliphatic heterocycles. The van der Waals surface area contributed by atoms with Crippen molar-refractivity contribution in [3.05, 3.63) is 35.9 Å². The van der Waals surface area contributed by atoms with Gasteiger partial charge in [0, 0.05) is 6.08 Å². The number of aliphatic carboxylic acids is 1. The predicted molar refractivity (Wildman–Crippen MR) is 107 cm³/mol. The first-order valence-corrected chi connectivity index (χ1v) is 10.3. The molecule has 0 heterocycles. The summed E-state index contributed by atoms with van der Waals surface area (Å²) in [6, 6.07) is 7.63. The summed E-state index contributed by atoms with van der Waals surface area (Å²) < 4.78 is 5.95. The van der Waals surface area contributed by atoms with Gasteiger partial charge in [-0.15, -0.1) is 0 Å². The van der Waals surface area contributed by atoms with Gasteiger partial charge in [0.05, 0.1) is 6.61 Å². The van der Waals surface area contributed by atoms with E-state index in [9.17, 15) is 4.79 Å². The van der Waals surface area contributed by atoms with E-state index in [4.69, 9.17) is 9.84 Å². The van der Waals surface area contributed by atoms with Crippen LogP contribution in [-0.4, -0.2) is 17.7 Å². The molecule has 0 unspecified atom stereocenters. The van der Waals surface area contributed by atoms with Crippen LogP contribution in [0.5, 0.6) is 5.75 Å². The highest BCUT2D eigenvalue weighted by atomic mass is 16.5. The van der Waals surface area contributed by atoms with Crippen molar-refractivity contribution in [2.75, 3.05) is 6.61 Å². The van der Waals surface area contributed by atoms with Gasteiger partial charge in [0.15, 0.2) is 0 Å². The van der Waals surface area contributed by atoms with Gasteiger partial charge in [0.2, 0.25) is 0 Å². The maximum Gasteiger partial charge on any atom is 0.328 e. The fourth-order valence-corrected chi connectivity index (χ4v) is 3.78. The monoisotopic (exact) mass is 358 g/mol. The van der Waals surface area contributed by atoms with Gasteiger partial charge in [-0.1, -0.05) is 70.4 Å². The zero-order valence-corrected chi connectivity index (χ0v) is 16.2. The summed E-state index contributed by atoms with van der Waals surface area (Å²) in [4.78, 5) is 10.5. The predicted octanol–water partition coefficient (Wildman–Crippen LogP) is 6.33. The third kappa shape index (κ3) is 8.07. The molecule has 0 radical (unpaired) electrons. The second-order valence-electron chi connectivity index (χ2n) is 7.64. The minimum Gasteiger partial charge on any atom is -0.493 e. The van der Waals surface area contributed by atoms with Crippen LogP contribution in [0.4, 0.5) is 0 Å². The summed E-state index contributed by atoms with van der Waals surface area (Å²) in [7, 11) is 0. The van der Waals surface area contributed by atoms with Gasteiger partial charge in [-0.25, -0.2) is 4.79 Å². The molecule has 1 aromatic carbocycles. The molecule has 0 spiro atoms. The molecule has 3 nitrogen and oxygen atoms in total. The molecule has 1 aliphatic carbocycles. The molecule has 0 aromatic heterocycles. The van der Waals surface area contributed by atoms with Gasteiger partial charge < -0.3 is 9.84 Å². The van der Waals surface area contributed by atoms with Crippen molar-refractivity contribution in [1.29, 1.82) is 0 Å². The zero-order chi connectivity index (χ0) is 18.6. The Balaban J connectivity index is 1.61. The summed E-state index contributed by atoms with van der Waals surface area (Å²) in [5.41, 5.74) is 0.874. The first-order valence-electron chi connectivity index (χ1n) is 10.3. The minimum atomic E-state index is -0.929. The summed E-state index contributed by atoms with van der Waals surface area (Å²) in [6.07, 6.45) is 16.4. The Hall–Kier alpha value is -1.77. The minimum absolute atomic E-state index is 0.679. The van der Waals surface area contributed by atoms with Gasteiger partial charge in [-0.2, -0.15) is 0 Å². The van der Waals surface area contributed by atoms with Crippen molar-refractivity contribution in [3.63, 3.8) is 0 Å². The third-order valence-electron chi connectivity index (χ3n) is 5.47. The topological polar surface area (TPSA) is 46.5 Å². The molecule has 1 fully saturated rings. The van der Waals surface area contributed by atoms with Crippen molar-refractivity contribution in [2.45, 2.75) is 71.1 Å². The van der Waals surface area contributed by atoms with Crippen molar-refractivity contribution in [1.82, 2.24) is 0 Å². The van der Waals surface area contributed by atoms with Gasteiger partial charge in [-0.3, -0.25) is 0 Å². The molecule has 1 saturated carbocycles. The van der Waals surface area contributed by atoms with Crippen LogP contribution >= 0.6 is 0 Å². The molecule has 0 bridgehead atoms. The van der Waals surface area contributed by atoms with E-state index in [-0.39, 0.29) is 0 Å². The Morgan fingerprint density at radius 3 is 2.35 bits per heavy atom. The molecule has 1 N–H and O–H groups in total. The molecule has 2 rings (SSSR count). The van der Waals surface area contributed by atoms with Crippen LogP contribution in [0.2, 0.25) is 0 Å². The van der Waals surface area contributed by atoms with Crippen LogP contribution < -0.4 is 4.74 Å². The average molecular weight is 359 g/mol. The largest absolute Gasteiger partial charge is 0.493 e. The lowest BCUT2D eigenvalue weighted by Crippen LogP contribution is -2.20. The SMILES string of the molecule is CCCCCCC[C@H]1CC[C@@H](COc2ccc(/C=C/C(=O)O)cc2)CC1. The molecule has 0 amide bonds. The fraction of sp³-hybridized carbons (Fsp3) is 0.609. The van der Waals surface area contributed by atoms with Crippen LogP contribution in [0.1, 0.15) is 76.7 Å². The highest BCUT2D eigenvalue weighted by molar-refractivity contribution is 5.85. The number of hydrogen-bond acceptors (Lipinski definition) is 2. The molecule has 0 atom stereocenters. The van der Waals surface area contributed by atoms with Crippen LogP contribution in [0, 0.1) is 11.8 Å². The quantitative estimate of drug-likeness (QED) is 0.371. The smallest absolute Gasteiger partial charge is 0.328 e. The second-order valence-corrected chi connectivity index (χ2v) is 7.64. The van der Waals surface area contributed by atoms with Crippen molar-refractivity contribution in [3.8, 4) is 5.75 Å². The highest BCUT2D eigenvalue weighted by Crippen LogP contribution is 2.32. The normalized spacial score (nSPS) is 20.3. The number of carbonyl (C=O) groups is 1. The molecule has 1 aromatic rings. The Morgan fingerprint density at radius 1 is 1.04 bits per heavy atom. The standard InChI is InChI=1S/C23H34O3/c1-2-3-4-5-6-7-19-8-10-21(11-9-19)18-26-22-15-12-20(13-16-22)14-17-23(24)25/h12-17,19,21H,2-11,18H2,1H3,(H,24,25)/b17-14+/t19-,21+. The number of carboxylic acids is 1. The molecule has 3 heteroatoms. The number of ether oxygens (including phenoxy) is 1. The third-order valence-corrected chi connectivity index (χ3v) is 5.47. The molecule has 144 valence electrons. The van der Waals surface area contributed by atoms with Gasteiger partial charge in [-0.05, 0) is 48.4 Å². The average Bonchev–Trinajstić information content (AvgIpc) is 2.66. The number of carboxylic acid groups (broad SMARTS) is 1. The first-order chi connectivity index (χ1) is 12.7. The van der Waals surface area contributed by atoms with E-state index >= 15 is 0 Å². The summed E-state index contributed by atoms with van der Waals surface area (Å²) >= 11 is 0. The van der Waals surface area contributed by atoms with Gasteiger partial charge in [0.1, 0.15) is 5.75 Å². The molecule has 1 aliphatic rings. The van der Waals surface area contributed by atoms with Crippen LogP contribution in [0.15, 0.2) is 30.3 Å². The Kier molecular flexibility index (Phi) is 9.30. The lowest BCUT2D eigenvalue weighted by atomic mass is 9.80. The van der Waals surface area contributed by atoms with E-state index in [1.54, 1.807) is 6.08 Å². The van der Waals surface area contributed by atoms with Crippen molar-refractivity contribution in [2.24, 2.45) is 11.8 Å². The second kappa shape index (κ2) is 11.8. The summed E-state index contributed by atoms with van der Waals surface area (Å²) in [5.74, 6) is 1.56. The maximum absolute atomic E-state index is 10.5. The van der Waals surface area contributed by atoms with Crippen LogP contribution in [-0.2, 0) is 4.79 Å². The number of rotatable bonds is 11. The Labute approximate surface area is 158 Å². The molecule has 26 heavy (non-hydrogen) atoms. The number of unbranched alkanes of at least 4 members (excludes halogenated alkanes) is 4. The first kappa shape index (κ1) is 20.5. The maximum atomic E-state index is 10.5. The van der Waals surface area contributed by atoms with Gasteiger partial charge >= 0.3 is 5.97 Å². The Bertz CT molecular complexity index is 539. The zero-order valence-electron chi connectivity index (χ0n) is 16.2. The van der Waals surface area contributed by atoms with Crippen molar-refractivity contribution >= 4 is 12.0 Å². The highest BCUT2D eigenvalue weighted by Gasteiger charge is 2.21.